The van der Waals surface area contributed by atoms with Crippen molar-refractivity contribution < 1.29 is 24.7 Å². The molecule has 3 N–H and O–H groups in total. The third-order valence-electron chi connectivity index (χ3n) is 2.93. The van der Waals surface area contributed by atoms with Crippen molar-refractivity contribution in [2.45, 2.75) is 12.5 Å². The van der Waals surface area contributed by atoms with Crippen LogP contribution in [0.25, 0.3) is 0 Å². The maximum Gasteiger partial charge on any atom is 0.322 e. The second kappa shape index (κ2) is 5.28. The molecule has 0 amide bonds. The van der Waals surface area contributed by atoms with Crippen LogP contribution in [0.5, 0.6) is 0 Å². The van der Waals surface area contributed by atoms with Gasteiger partial charge in [0, 0.05) is 17.3 Å². The Labute approximate surface area is 101 Å². The predicted octanol–water partition coefficient (Wildman–Crippen LogP) is -0.203. The van der Waals surface area contributed by atoms with Crippen molar-refractivity contribution in [3.05, 3.63) is 10.1 Å². The predicted molar refractivity (Wildman–Crippen MR) is 55.0 cm³/mol. The third kappa shape index (κ3) is 3.04. The fourth-order valence-corrected chi connectivity index (χ4v) is 2.35. The first kappa shape index (κ1) is 13.7. The Hall–Kier alpha value is -1.41. The summed E-state index contributed by atoms with van der Waals surface area (Å²) in [6, 6.07) is -1.20. The van der Waals surface area contributed by atoms with Crippen LogP contribution in [-0.2, 0) is 9.59 Å². The van der Waals surface area contributed by atoms with Gasteiger partial charge >= 0.3 is 11.9 Å². The highest BCUT2D eigenvalue weighted by Crippen LogP contribution is 2.51. The van der Waals surface area contributed by atoms with Gasteiger partial charge in [0.05, 0.1) is 5.92 Å². The monoisotopic (exact) mass is 266 g/mol. The number of carbonyl (C=O) groups is 2. The Morgan fingerprint density at radius 2 is 2.06 bits per heavy atom. The van der Waals surface area contributed by atoms with Crippen molar-refractivity contribution in [1.82, 2.24) is 4.84 Å². The number of hydrogen-bond donors (Lipinski definition) is 3. The molecule has 17 heavy (non-hydrogen) atoms. The summed E-state index contributed by atoms with van der Waals surface area (Å²) in [5.41, 5.74) is 0. The molecule has 1 saturated carbocycles. The Bertz CT molecular complexity index is 349. The molecule has 96 valence electrons. The molecule has 0 aromatic heterocycles. The second-order valence-electron chi connectivity index (χ2n) is 3.88. The Kier molecular flexibility index (Phi) is 4.24. The van der Waals surface area contributed by atoms with Gasteiger partial charge in [-0.1, -0.05) is 0 Å². The zero-order valence-electron chi connectivity index (χ0n) is 8.58. The van der Waals surface area contributed by atoms with Gasteiger partial charge in [0.1, 0.15) is 6.04 Å². The standard InChI is InChI=1S/C8H11ClN2O6/c9-10-6(8(14)15)4-3(1-2-11(16)17)5(4)7(12)13/h3-6,10H,1-2H2,(H,12,13)(H,14,15)/t3-,4+,5+,6-/m1/s1. The van der Waals surface area contributed by atoms with E-state index < -0.39 is 40.7 Å². The summed E-state index contributed by atoms with van der Waals surface area (Å²) >= 11 is 5.24. The normalized spacial score (nSPS) is 28.4. The van der Waals surface area contributed by atoms with E-state index in [-0.39, 0.29) is 13.0 Å². The number of nitrogens with zero attached hydrogens (tertiary/aromatic N) is 1. The zero-order chi connectivity index (χ0) is 13.2. The van der Waals surface area contributed by atoms with Crippen LogP contribution in [0.15, 0.2) is 0 Å². The number of hydrogen-bond acceptors (Lipinski definition) is 5. The van der Waals surface area contributed by atoms with Gasteiger partial charge in [-0.25, -0.2) is 4.84 Å². The molecule has 0 saturated heterocycles. The van der Waals surface area contributed by atoms with E-state index in [4.69, 9.17) is 22.0 Å². The van der Waals surface area contributed by atoms with Crippen molar-refractivity contribution in [3.63, 3.8) is 0 Å². The summed E-state index contributed by atoms with van der Waals surface area (Å²) in [6.07, 6.45) is 0.0387. The summed E-state index contributed by atoms with van der Waals surface area (Å²) in [5.74, 6) is -4.53. The van der Waals surface area contributed by atoms with Crippen LogP contribution in [0.1, 0.15) is 6.42 Å². The first-order valence-corrected chi connectivity index (χ1v) is 5.21. The Morgan fingerprint density at radius 3 is 2.41 bits per heavy atom. The fourth-order valence-electron chi connectivity index (χ4n) is 2.11. The molecule has 0 aromatic rings. The molecule has 1 aliphatic rings. The molecule has 8 nitrogen and oxygen atoms in total. The average molecular weight is 267 g/mol. The molecule has 1 rings (SSSR count). The molecule has 0 aromatic carbocycles. The SMILES string of the molecule is O=C(O)[C@H]1[C@H](CC[N+](=O)[O-])[C@@H]1[C@@H](NCl)C(=O)O. The lowest BCUT2D eigenvalue weighted by Crippen LogP contribution is -2.34. The van der Waals surface area contributed by atoms with Gasteiger partial charge in [-0.05, 0) is 17.7 Å². The average Bonchev–Trinajstić information content (AvgIpc) is 2.89. The zero-order valence-corrected chi connectivity index (χ0v) is 9.33. The molecule has 0 radical (unpaired) electrons. The smallest absolute Gasteiger partial charge is 0.322 e. The number of carboxylic acids is 2. The Morgan fingerprint density at radius 1 is 1.47 bits per heavy atom. The first-order chi connectivity index (χ1) is 7.90. The summed E-state index contributed by atoms with van der Waals surface area (Å²) in [4.78, 5) is 33.3. The number of nitro groups is 1. The molecule has 0 aliphatic heterocycles. The summed E-state index contributed by atoms with van der Waals surface area (Å²) in [5, 5.41) is 27.8. The minimum Gasteiger partial charge on any atom is -0.481 e. The largest absolute Gasteiger partial charge is 0.481 e. The van der Waals surface area contributed by atoms with E-state index in [1.807, 2.05) is 4.84 Å². The van der Waals surface area contributed by atoms with E-state index in [1.165, 1.54) is 0 Å². The van der Waals surface area contributed by atoms with E-state index in [0.29, 0.717) is 0 Å². The van der Waals surface area contributed by atoms with Crippen LogP contribution < -0.4 is 4.84 Å². The highest BCUT2D eigenvalue weighted by atomic mass is 35.5. The van der Waals surface area contributed by atoms with Crippen LogP contribution in [0, 0.1) is 27.9 Å². The van der Waals surface area contributed by atoms with E-state index in [2.05, 4.69) is 0 Å². The topological polar surface area (TPSA) is 130 Å². The highest BCUT2D eigenvalue weighted by molar-refractivity contribution is 6.15. The molecular formula is C8H11ClN2O6. The van der Waals surface area contributed by atoms with Gasteiger partial charge in [0.2, 0.25) is 6.54 Å². The van der Waals surface area contributed by atoms with Crippen LogP contribution in [0.3, 0.4) is 0 Å². The van der Waals surface area contributed by atoms with Crippen LogP contribution in [0.4, 0.5) is 0 Å². The Balaban J connectivity index is 2.67. The summed E-state index contributed by atoms with van der Waals surface area (Å²) in [7, 11) is 0. The van der Waals surface area contributed by atoms with Crippen molar-refractivity contribution in [1.29, 1.82) is 0 Å². The minimum atomic E-state index is -1.26. The van der Waals surface area contributed by atoms with Gasteiger partial charge in [0.25, 0.3) is 0 Å². The van der Waals surface area contributed by atoms with Gasteiger partial charge in [-0.2, -0.15) is 0 Å². The molecule has 0 spiro atoms. The highest BCUT2D eigenvalue weighted by Gasteiger charge is 2.60. The van der Waals surface area contributed by atoms with Crippen molar-refractivity contribution in [2.24, 2.45) is 17.8 Å². The number of halogens is 1. The van der Waals surface area contributed by atoms with E-state index in [0.717, 1.165) is 0 Å². The number of aliphatic carboxylic acids is 2. The molecule has 0 bridgehead atoms. The minimum absolute atomic E-state index is 0.0387. The van der Waals surface area contributed by atoms with Crippen molar-refractivity contribution in [3.8, 4) is 0 Å². The number of carboxylic acid groups (broad SMARTS) is 2. The third-order valence-corrected chi connectivity index (χ3v) is 3.16. The second-order valence-corrected chi connectivity index (χ2v) is 4.09. The van der Waals surface area contributed by atoms with E-state index in [1.54, 1.807) is 0 Å². The van der Waals surface area contributed by atoms with Gasteiger partial charge in [0.15, 0.2) is 0 Å². The van der Waals surface area contributed by atoms with Crippen molar-refractivity contribution >= 4 is 23.7 Å². The quantitative estimate of drug-likeness (QED) is 0.330. The van der Waals surface area contributed by atoms with Gasteiger partial charge in [-0.3, -0.25) is 19.7 Å². The molecule has 0 heterocycles. The van der Waals surface area contributed by atoms with E-state index in [9.17, 15) is 19.7 Å². The number of rotatable bonds is 7. The fraction of sp³-hybridized carbons (Fsp3) is 0.750. The lowest BCUT2D eigenvalue weighted by molar-refractivity contribution is -0.481. The molecule has 9 heteroatoms. The van der Waals surface area contributed by atoms with Crippen LogP contribution >= 0.6 is 11.8 Å². The van der Waals surface area contributed by atoms with Gasteiger partial charge in [-0.15, -0.1) is 0 Å². The maximum absolute atomic E-state index is 10.8. The lowest BCUT2D eigenvalue weighted by Gasteiger charge is -2.07. The van der Waals surface area contributed by atoms with E-state index >= 15 is 0 Å². The maximum atomic E-state index is 10.8. The van der Waals surface area contributed by atoms with Crippen LogP contribution in [0.2, 0.25) is 0 Å². The number of nitrogens with one attached hydrogen (secondary N) is 1. The molecule has 0 unspecified atom stereocenters. The van der Waals surface area contributed by atoms with Gasteiger partial charge < -0.3 is 10.2 Å². The summed E-state index contributed by atoms with van der Waals surface area (Å²) < 4.78 is 0. The van der Waals surface area contributed by atoms with Crippen LogP contribution in [-0.4, -0.2) is 39.7 Å². The molecular weight excluding hydrogens is 256 g/mol. The molecule has 1 aliphatic carbocycles. The first-order valence-electron chi connectivity index (χ1n) is 4.83. The summed E-state index contributed by atoms with van der Waals surface area (Å²) in [6.45, 7) is -0.375. The molecule has 1 fully saturated rings. The molecule has 4 atom stereocenters. The van der Waals surface area contributed by atoms with Crippen molar-refractivity contribution in [2.75, 3.05) is 6.54 Å². The lowest BCUT2D eigenvalue weighted by atomic mass is 10.1.